The van der Waals surface area contributed by atoms with Crippen LogP contribution in [0.1, 0.15) is 66.2 Å². The minimum atomic E-state index is -0.747. The summed E-state index contributed by atoms with van der Waals surface area (Å²) in [5.41, 5.74) is 0.482. The van der Waals surface area contributed by atoms with Crippen LogP contribution in [-0.2, 0) is 14.4 Å². The lowest BCUT2D eigenvalue weighted by Crippen LogP contribution is -2.65. The molecule has 2 N–H and O–H groups in total. The zero-order chi connectivity index (χ0) is 25.8. The number of carboxylic acids is 1. The van der Waals surface area contributed by atoms with Gasteiger partial charge in [0.05, 0.1) is 22.9 Å². The lowest BCUT2D eigenvalue weighted by molar-refractivity contribution is -0.194. The van der Waals surface area contributed by atoms with E-state index in [1.807, 2.05) is 6.92 Å². The molecule has 6 nitrogen and oxygen atoms in total. The van der Waals surface area contributed by atoms with Gasteiger partial charge in [-0.1, -0.05) is 38.8 Å². The van der Waals surface area contributed by atoms with Crippen molar-refractivity contribution >= 4 is 23.5 Å². The van der Waals surface area contributed by atoms with Crippen LogP contribution in [0.3, 0.4) is 0 Å². The Kier molecular flexibility index (Phi) is 4.92. The molecule has 0 unspecified atom stereocenters. The van der Waals surface area contributed by atoms with Crippen LogP contribution in [0.15, 0.2) is 35.9 Å². The first-order valence-corrected chi connectivity index (χ1v) is 13.6. The van der Waals surface area contributed by atoms with Crippen molar-refractivity contribution < 1.29 is 24.6 Å². The number of aliphatic carboxylic acids is 1. The number of fused-ring (bicyclic) bond motifs is 1. The van der Waals surface area contributed by atoms with Gasteiger partial charge in [-0.15, -0.1) is 0 Å². The van der Waals surface area contributed by atoms with E-state index >= 15 is 0 Å². The number of anilines is 1. The minimum Gasteiger partial charge on any atom is -0.508 e. The van der Waals surface area contributed by atoms with E-state index in [1.165, 1.54) is 22.6 Å². The Morgan fingerprint density at radius 2 is 1.72 bits per heavy atom. The second-order valence-corrected chi connectivity index (χ2v) is 13.0. The predicted molar refractivity (Wildman–Crippen MR) is 135 cm³/mol. The lowest BCUT2D eigenvalue weighted by atomic mass is 9.34. The predicted octanol–water partition coefficient (Wildman–Crippen LogP) is 5.41. The number of nitrogens with zero attached hydrogens (tertiary/aromatic N) is 1. The number of hydrogen-bond acceptors (Lipinski definition) is 4. The van der Waals surface area contributed by atoms with Crippen LogP contribution >= 0.6 is 0 Å². The maximum absolute atomic E-state index is 14.2. The number of aromatic hydroxyl groups is 1. The van der Waals surface area contributed by atoms with E-state index in [2.05, 4.69) is 26.8 Å². The molecule has 192 valence electrons. The summed E-state index contributed by atoms with van der Waals surface area (Å²) in [6.45, 7) is 8.59. The fourth-order valence-electron chi connectivity index (χ4n) is 9.81. The lowest BCUT2D eigenvalue weighted by Gasteiger charge is -2.68. The van der Waals surface area contributed by atoms with E-state index < -0.39 is 22.7 Å². The van der Waals surface area contributed by atoms with Crippen LogP contribution in [0.5, 0.6) is 5.75 Å². The summed E-state index contributed by atoms with van der Waals surface area (Å²) in [5, 5.41) is 20.0. The number of phenols is 1. The molecule has 2 bridgehead atoms. The van der Waals surface area contributed by atoms with Gasteiger partial charge in [0.1, 0.15) is 5.75 Å². The molecule has 1 aliphatic heterocycles. The molecule has 0 aromatic heterocycles. The fourth-order valence-corrected chi connectivity index (χ4v) is 9.81. The van der Waals surface area contributed by atoms with Crippen molar-refractivity contribution in [3.05, 3.63) is 35.9 Å². The molecule has 1 aromatic rings. The Balaban J connectivity index is 1.49. The van der Waals surface area contributed by atoms with Crippen LogP contribution in [0.2, 0.25) is 0 Å². The quantitative estimate of drug-likeness (QED) is 0.436. The van der Waals surface area contributed by atoms with E-state index in [4.69, 9.17) is 0 Å². The average Bonchev–Trinajstić information content (AvgIpc) is 3.11. The summed E-state index contributed by atoms with van der Waals surface area (Å²) in [6.07, 6.45) is 7.35. The van der Waals surface area contributed by atoms with E-state index in [1.54, 1.807) is 12.1 Å². The monoisotopic (exact) mass is 491 g/mol. The Bertz CT molecular complexity index is 1190. The largest absolute Gasteiger partial charge is 0.508 e. The molecule has 5 aliphatic carbocycles. The van der Waals surface area contributed by atoms with Crippen molar-refractivity contribution in [2.45, 2.75) is 66.2 Å². The molecular formula is C30H37NO5. The summed E-state index contributed by atoms with van der Waals surface area (Å²) in [6, 6.07) is 6.33. The molecule has 0 radical (unpaired) electrons. The van der Waals surface area contributed by atoms with Crippen molar-refractivity contribution in [2.75, 3.05) is 4.90 Å². The van der Waals surface area contributed by atoms with E-state index in [0.717, 1.165) is 32.1 Å². The molecule has 1 spiro atoms. The zero-order valence-corrected chi connectivity index (χ0v) is 21.7. The van der Waals surface area contributed by atoms with Crippen molar-refractivity contribution in [1.82, 2.24) is 0 Å². The number of hydrogen-bond donors (Lipinski definition) is 2. The molecule has 4 fully saturated rings. The summed E-state index contributed by atoms with van der Waals surface area (Å²) in [7, 11) is 0. The number of carbonyl (C=O) groups is 3. The summed E-state index contributed by atoms with van der Waals surface area (Å²) in [5.74, 6) is -1.04. The minimum absolute atomic E-state index is 0.00836. The highest BCUT2D eigenvalue weighted by molar-refractivity contribution is 6.23. The number of carboxylic acid groups (broad SMARTS) is 1. The van der Waals surface area contributed by atoms with Crippen molar-refractivity contribution in [3.63, 3.8) is 0 Å². The van der Waals surface area contributed by atoms with Gasteiger partial charge in [0, 0.05) is 5.41 Å². The summed E-state index contributed by atoms with van der Waals surface area (Å²) >= 11 is 0. The maximum atomic E-state index is 14.2. The second-order valence-electron chi connectivity index (χ2n) is 13.0. The molecule has 6 heteroatoms. The third kappa shape index (κ3) is 2.76. The molecule has 7 rings (SSSR count). The first-order valence-electron chi connectivity index (χ1n) is 13.6. The highest BCUT2D eigenvalue weighted by Crippen LogP contribution is 2.74. The third-order valence-electron chi connectivity index (χ3n) is 11.3. The maximum Gasteiger partial charge on any atom is 0.309 e. The van der Waals surface area contributed by atoms with Crippen LogP contribution < -0.4 is 4.90 Å². The van der Waals surface area contributed by atoms with Gasteiger partial charge in [-0.25, -0.2) is 0 Å². The number of benzene rings is 1. The molecule has 1 heterocycles. The van der Waals surface area contributed by atoms with Crippen molar-refractivity contribution in [1.29, 1.82) is 0 Å². The SMILES string of the molecule is CC(C)C1=C[C@@]23CC[C@H]4[C@](C)(CCC[C@@]4(C)C(=O)O)[C@H]2C[C@H]1[C@H]1C(=O)N(c2ccc(O)cc2)C(=O)[C@H]13. The summed E-state index contributed by atoms with van der Waals surface area (Å²) < 4.78 is 0. The molecule has 3 saturated carbocycles. The van der Waals surface area contributed by atoms with Crippen molar-refractivity contribution in [3.8, 4) is 5.75 Å². The van der Waals surface area contributed by atoms with Gasteiger partial charge in [-0.05, 0) is 92.4 Å². The fraction of sp³-hybridized carbons (Fsp3) is 0.633. The van der Waals surface area contributed by atoms with E-state index in [-0.39, 0.29) is 46.7 Å². The van der Waals surface area contributed by atoms with Gasteiger partial charge >= 0.3 is 5.97 Å². The number of allylic oxidation sites excluding steroid dienone is 2. The van der Waals surface area contributed by atoms with Gasteiger partial charge in [0.15, 0.2) is 0 Å². The first kappa shape index (κ1) is 23.7. The van der Waals surface area contributed by atoms with Crippen molar-refractivity contribution in [2.24, 2.45) is 51.8 Å². The second kappa shape index (κ2) is 7.45. The highest BCUT2D eigenvalue weighted by Gasteiger charge is 2.73. The number of imide groups is 1. The molecule has 2 amide bonds. The molecule has 36 heavy (non-hydrogen) atoms. The third-order valence-corrected chi connectivity index (χ3v) is 11.3. The Labute approximate surface area is 212 Å². The number of amides is 2. The molecular weight excluding hydrogens is 454 g/mol. The smallest absolute Gasteiger partial charge is 0.309 e. The van der Waals surface area contributed by atoms with Crippen LogP contribution in [0.4, 0.5) is 5.69 Å². The average molecular weight is 492 g/mol. The van der Waals surface area contributed by atoms with Gasteiger partial charge in [0.25, 0.3) is 0 Å². The molecule has 1 aromatic carbocycles. The standard InChI is InChI=1S/C30H37NO5/c1-16(2)20-15-30-13-10-21-28(3,11-5-12-29(21,4)27(35)36)22(30)14-19(20)23-24(30)26(34)31(25(23)33)17-6-8-18(32)9-7-17/h6-9,15-16,19,21-24,32H,5,10-14H2,1-4H3,(H,35,36)/t19-,21+,22-,23-,24+,28+,29-,30+/m1/s1. The Hall–Kier alpha value is -2.63. The topological polar surface area (TPSA) is 94.9 Å². The normalized spacial score (nSPS) is 43.2. The van der Waals surface area contributed by atoms with Gasteiger partial charge in [-0.2, -0.15) is 0 Å². The number of rotatable bonds is 3. The Morgan fingerprint density at radius 3 is 2.36 bits per heavy atom. The number of carbonyl (C=O) groups excluding carboxylic acids is 2. The highest BCUT2D eigenvalue weighted by atomic mass is 16.4. The van der Waals surface area contributed by atoms with E-state index in [0.29, 0.717) is 18.0 Å². The van der Waals surface area contributed by atoms with Gasteiger partial charge in [0.2, 0.25) is 11.8 Å². The molecule has 6 aliphatic rings. The summed E-state index contributed by atoms with van der Waals surface area (Å²) in [4.78, 5) is 42.0. The number of phenolic OH excluding ortho intramolecular Hbond substituents is 1. The van der Waals surface area contributed by atoms with Gasteiger partial charge < -0.3 is 10.2 Å². The van der Waals surface area contributed by atoms with Crippen LogP contribution in [0, 0.1) is 51.8 Å². The zero-order valence-electron chi connectivity index (χ0n) is 21.7. The van der Waals surface area contributed by atoms with Crippen LogP contribution in [-0.4, -0.2) is 28.0 Å². The Morgan fingerprint density at radius 1 is 1.03 bits per heavy atom. The van der Waals surface area contributed by atoms with Gasteiger partial charge in [-0.3, -0.25) is 19.3 Å². The van der Waals surface area contributed by atoms with E-state index in [9.17, 15) is 24.6 Å². The van der Waals surface area contributed by atoms with Crippen LogP contribution in [0.25, 0.3) is 0 Å². The molecule has 8 atom stereocenters. The first-order chi connectivity index (χ1) is 17.0. The molecule has 1 saturated heterocycles.